The second-order valence-corrected chi connectivity index (χ2v) is 5.37. The highest BCUT2D eigenvalue weighted by Crippen LogP contribution is 2.10. The van der Waals surface area contributed by atoms with Crippen LogP contribution in [0, 0.1) is 11.7 Å². The molecule has 22 heavy (non-hydrogen) atoms. The Labute approximate surface area is 125 Å². The van der Waals surface area contributed by atoms with Crippen LogP contribution in [0.2, 0.25) is 0 Å². The van der Waals surface area contributed by atoms with Crippen molar-refractivity contribution in [3.63, 3.8) is 0 Å². The van der Waals surface area contributed by atoms with Gasteiger partial charge in [-0.3, -0.25) is 14.2 Å². The molecule has 3 rings (SSSR count). The van der Waals surface area contributed by atoms with E-state index in [9.17, 15) is 14.0 Å². The molecule has 1 saturated heterocycles. The normalized spacial score (nSPS) is 17.8. The number of nitrogens with zero attached hydrogens (tertiary/aromatic N) is 2. The number of rotatable bonds is 4. The Kier molecular flexibility index (Phi) is 4.15. The number of amides is 1. The van der Waals surface area contributed by atoms with E-state index in [1.807, 2.05) is 0 Å². The van der Waals surface area contributed by atoms with Crippen LogP contribution in [0.15, 0.2) is 29.3 Å². The molecule has 1 unspecified atom stereocenters. The predicted molar refractivity (Wildman–Crippen MR) is 77.9 cm³/mol. The minimum Gasteiger partial charge on any atom is -0.381 e. The summed E-state index contributed by atoms with van der Waals surface area (Å²) < 4.78 is 19.7. The van der Waals surface area contributed by atoms with Gasteiger partial charge in [0.25, 0.3) is 5.56 Å². The summed E-state index contributed by atoms with van der Waals surface area (Å²) in [6.45, 7) is 1.77. The number of ether oxygens (including phenoxy) is 1. The molecule has 1 aromatic carbocycles. The van der Waals surface area contributed by atoms with Crippen molar-refractivity contribution in [2.75, 3.05) is 19.8 Å². The van der Waals surface area contributed by atoms with Crippen LogP contribution in [0.3, 0.4) is 0 Å². The molecule has 1 N–H and O–H groups in total. The molecule has 1 aliphatic heterocycles. The number of nitrogens with one attached hydrogen (secondary N) is 1. The van der Waals surface area contributed by atoms with Crippen LogP contribution >= 0.6 is 0 Å². The summed E-state index contributed by atoms with van der Waals surface area (Å²) in [6.07, 6.45) is 2.23. The summed E-state index contributed by atoms with van der Waals surface area (Å²) in [4.78, 5) is 28.2. The van der Waals surface area contributed by atoms with Gasteiger partial charge in [0.05, 0.1) is 23.8 Å². The van der Waals surface area contributed by atoms with Crippen molar-refractivity contribution in [1.29, 1.82) is 0 Å². The summed E-state index contributed by atoms with van der Waals surface area (Å²) in [7, 11) is 0. The first-order chi connectivity index (χ1) is 10.6. The zero-order chi connectivity index (χ0) is 15.5. The molecule has 1 fully saturated rings. The summed E-state index contributed by atoms with van der Waals surface area (Å²) in [5.41, 5.74) is -0.0185. The van der Waals surface area contributed by atoms with Crippen molar-refractivity contribution in [3.05, 3.63) is 40.7 Å². The molecule has 0 bridgehead atoms. The average molecular weight is 305 g/mol. The Bertz CT molecular complexity index is 753. The second-order valence-electron chi connectivity index (χ2n) is 5.37. The lowest BCUT2D eigenvalue weighted by Gasteiger charge is -2.10. The Morgan fingerprint density at radius 3 is 3.14 bits per heavy atom. The number of hydrogen-bond acceptors (Lipinski definition) is 4. The van der Waals surface area contributed by atoms with E-state index in [2.05, 4.69) is 10.3 Å². The molecule has 0 aliphatic carbocycles. The van der Waals surface area contributed by atoms with E-state index in [1.54, 1.807) is 0 Å². The van der Waals surface area contributed by atoms with Gasteiger partial charge in [-0.2, -0.15) is 0 Å². The number of carbonyl (C=O) groups excluding carboxylic acids is 1. The molecular formula is C15H16FN3O3. The van der Waals surface area contributed by atoms with Gasteiger partial charge in [-0.15, -0.1) is 0 Å². The monoisotopic (exact) mass is 305 g/mol. The highest BCUT2D eigenvalue weighted by molar-refractivity contribution is 5.78. The number of fused-ring (bicyclic) bond motifs is 1. The van der Waals surface area contributed by atoms with Crippen LogP contribution in [0.4, 0.5) is 4.39 Å². The lowest BCUT2D eigenvalue weighted by Crippen LogP contribution is -2.35. The third-order valence-electron chi connectivity index (χ3n) is 3.71. The van der Waals surface area contributed by atoms with Crippen molar-refractivity contribution in [3.8, 4) is 0 Å². The number of aromatic nitrogens is 2. The molecule has 1 atom stereocenters. The number of halogens is 1. The minimum absolute atomic E-state index is 0.133. The van der Waals surface area contributed by atoms with E-state index in [-0.39, 0.29) is 17.8 Å². The maximum atomic E-state index is 13.2. The fraction of sp³-hybridized carbons (Fsp3) is 0.400. The lowest BCUT2D eigenvalue weighted by molar-refractivity contribution is -0.121. The summed E-state index contributed by atoms with van der Waals surface area (Å²) >= 11 is 0. The Balaban J connectivity index is 1.71. The van der Waals surface area contributed by atoms with Crippen molar-refractivity contribution in [2.45, 2.75) is 13.0 Å². The summed E-state index contributed by atoms with van der Waals surface area (Å²) in [5.74, 6) is -0.453. The number of carbonyl (C=O) groups is 1. The van der Waals surface area contributed by atoms with E-state index in [0.717, 1.165) is 19.1 Å². The molecule has 1 aliphatic rings. The summed E-state index contributed by atoms with van der Waals surface area (Å²) in [6, 6.07) is 3.82. The van der Waals surface area contributed by atoms with Crippen LogP contribution in [0.25, 0.3) is 10.9 Å². The molecule has 2 heterocycles. The first-order valence-corrected chi connectivity index (χ1v) is 7.12. The zero-order valence-electron chi connectivity index (χ0n) is 11.9. The molecular weight excluding hydrogens is 289 g/mol. The average Bonchev–Trinajstić information content (AvgIpc) is 3.02. The SMILES string of the molecule is O=C(Cn1cnc2ccc(F)cc2c1=O)NCC1CCOC1. The highest BCUT2D eigenvalue weighted by atomic mass is 19.1. The standard InChI is InChI=1S/C15H16FN3O3/c16-11-1-2-13-12(5-11)15(21)19(9-18-13)7-14(20)17-6-10-3-4-22-8-10/h1-2,5,9-10H,3-4,6-8H2,(H,17,20). The van der Waals surface area contributed by atoms with Crippen molar-refractivity contribution >= 4 is 16.8 Å². The quantitative estimate of drug-likeness (QED) is 0.902. The van der Waals surface area contributed by atoms with Crippen molar-refractivity contribution < 1.29 is 13.9 Å². The van der Waals surface area contributed by atoms with E-state index < -0.39 is 11.4 Å². The largest absolute Gasteiger partial charge is 0.381 e. The molecule has 2 aromatic rings. The van der Waals surface area contributed by atoms with Gasteiger partial charge in [0.15, 0.2) is 0 Å². The molecule has 6 nitrogen and oxygen atoms in total. The van der Waals surface area contributed by atoms with Crippen LogP contribution in [0.1, 0.15) is 6.42 Å². The fourth-order valence-electron chi connectivity index (χ4n) is 2.46. The van der Waals surface area contributed by atoms with Gasteiger partial charge < -0.3 is 10.1 Å². The molecule has 0 spiro atoms. The lowest BCUT2D eigenvalue weighted by atomic mass is 10.1. The van der Waals surface area contributed by atoms with Crippen LogP contribution in [-0.2, 0) is 16.1 Å². The van der Waals surface area contributed by atoms with Gasteiger partial charge in [-0.1, -0.05) is 0 Å². The van der Waals surface area contributed by atoms with Gasteiger partial charge in [0, 0.05) is 19.1 Å². The van der Waals surface area contributed by atoms with Gasteiger partial charge in [-0.25, -0.2) is 9.37 Å². The topological polar surface area (TPSA) is 73.2 Å². The Hall–Kier alpha value is -2.28. The third-order valence-corrected chi connectivity index (χ3v) is 3.71. The Morgan fingerprint density at radius 2 is 2.36 bits per heavy atom. The first-order valence-electron chi connectivity index (χ1n) is 7.12. The van der Waals surface area contributed by atoms with Gasteiger partial charge in [0.2, 0.25) is 5.91 Å². The minimum atomic E-state index is -0.505. The molecule has 0 saturated carbocycles. The molecule has 1 amide bonds. The van der Waals surface area contributed by atoms with E-state index in [4.69, 9.17) is 4.74 Å². The van der Waals surface area contributed by atoms with E-state index in [0.29, 0.717) is 24.6 Å². The van der Waals surface area contributed by atoms with Crippen LogP contribution in [-0.4, -0.2) is 35.2 Å². The molecule has 116 valence electrons. The maximum Gasteiger partial charge on any atom is 0.261 e. The van der Waals surface area contributed by atoms with Gasteiger partial charge >= 0.3 is 0 Å². The zero-order valence-corrected chi connectivity index (χ0v) is 11.9. The Morgan fingerprint density at radius 1 is 1.50 bits per heavy atom. The van der Waals surface area contributed by atoms with E-state index in [1.165, 1.54) is 23.0 Å². The van der Waals surface area contributed by atoms with Gasteiger partial charge in [-0.05, 0) is 24.6 Å². The summed E-state index contributed by atoms with van der Waals surface area (Å²) in [5, 5.41) is 2.95. The number of benzene rings is 1. The molecule has 7 heteroatoms. The fourth-order valence-corrected chi connectivity index (χ4v) is 2.46. The molecule has 0 radical (unpaired) electrons. The molecule has 1 aromatic heterocycles. The van der Waals surface area contributed by atoms with Crippen LogP contribution in [0.5, 0.6) is 0 Å². The first kappa shape index (κ1) is 14.6. The third kappa shape index (κ3) is 3.14. The number of hydrogen-bond donors (Lipinski definition) is 1. The van der Waals surface area contributed by atoms with Crippen molar-refractivity contribution in [1.82, 2.24) is 14.9 Å². The van der Waals surface area contributed by atoms with Crippen molar-refractivity contribution in [2.24, 2.45) is 5.92 Å². The second kappa shape index (κ2) is 6.23. The van der Waals surface area contributed by atoms with Gasteiger partial charge in [0.1, 0.15) is 12.4 Å². The maximum absolute atomic E-state index is 13.2. The van der Waals surface area contributed by atoms with E-state index >= 15 is 0 Å². The van der Waals surface area contributed by atoms with Crippen LogP contribution < -0.4 is 10.9 Å². The smallest absolute Gasteiger partial charge is 0.261 e. The predicted octanol–water partition coefficient (Wildman–Crippen LogP) is 0.688. The highest BCUT2D eigenvalue weighted by Gasteiger charge is 2.16.